The van der Waals surface area contributed by atoms with Crippen molar-refractivity contribution in [1.29, 1.82) is 0 Å². The van der Waals surface area contributed by atoms with Crippen LogP contribution in [-0.4, -0.2) is 23.4 Å². The van der Waals surface area contributed by atoms with Gasteiger partial charge < -0.3 is 5.32 Å². The lowest BCUT2D eigenvalue weighted by Gasteiger charge is -2.08. The van der Waals surface area contributed by atoms with Crippen molar-refractivity contribution < 1.29 is 0 Å². The SMILES string of the molecule is CNCCc1c(C)nn(Cc2cc(C)cc(C)c2)c1C. The molecule has 2 rings (SSSR count). The van der Waals surface area contributed by atoms with Gasteiger partial charge in [-0.15, -0.1) is 0 Å². The van der Waals surface area contributed by atoms with E-state index in [2.05, 4.69) is 55.9 Å². The molecule has 0 bridgehead atoms. The minimum atomic E-state index is 0.856. The molecule has 0 amide bonds. The molecule has 1 aromatic heterocycles. The van der Waals surface area contributed by atoms with Gasteiger partial charge in [-0.05, 0) is 58.8 Å². The maximum atomic E-state index is 4.71. The molecule has 3 nitrogen and oxygen atoms in total. The van der Waals surface area contributed by atoms with Crippen molar-refractivity contribution in [3.8, 4) is 0 Å². The van der Waals surface area contributed by atoms with E-state index in [1.807, 2.05) is 7.05 Å². The molecular weight excluding hydrogens is 246 g/mol. The zero-order valence-electron chi connectivity index (χ0n) is 13.2. The van der Waals surface area contributed by atoms with Crippen LogP contribution in [0.4, 0.5) is 0 Å². The summed E-state index contributed by atoms with van der Waals surface area (Å²) >= 11 is 0. The van der Waals surface area contributed by atoms with Gasteiger partial charge in [-0.1, -0.05) is 29.3 Å². The van der Waals surface area contributed by atoms with E-state index < -0.39 is 0 Å². The lowest BCUT2D eigenvalue weighted by atomic mass is 10.1. The van der Waals surface area contributed by atoms with Gasteiger partial charge in [0, 0.05) is 5.69 Å². The Morgan fingerprint density at radius 3 is 2.30 bits per heavy atom. The molecule has 2 aromatic rings. The summed E-state index contributed by atoms with van der Waals surface area (Å²) in [6.45, 7) is 10.4. The Kier molecular flexibility index (Phi) is 4.61. The van der Waals surface area contributed by atoms with Gasteiger partial charge in [-0.2, -0.15) is 5.10 Å². The number of benzene rings is 1. The van der Waals surface area contributed by atoms with Crippen LogP contribution < -0.4 is 5.32 Å². The standard InChI is InChI=1S/C17H25N3/c1-12-8-13(2)10-16(9-12)11-20-15(4)17(6-7-18-5)14(3)19-20/h8-10,18H,6-7,11H2,1-5H3. The van der Waals surface area contributed by atoms with Crippen LogP contribution in [-0.2, 0) is 13.0 Å². The average Bonchev–Trinajstić information content (AvgIpc) is 2.61. The molecule has 1 heterocycles. The first kappa shape index (κ1) is 14.8. The fraction of sp³-hybridized carbons (Fsp3) is 0.471. The fourth-order valence-electron chi connectivity index (χ4n) is 2.83. The third-order valence-corrected chi connectivity index (χ3v) is 3.77. The first-order chi connectivity index (χ1) is 9.51. The van der Waals surface area contributed by atoms with Crippen LogP contribution in [0.3, 0.4) is 0 Å². The van der Waals surface area contributed by atoms with Crippen molar-refractivity contribution >= 4 is 0 Å². The Morgan fingerprint density at radius 1 is 1.05 bits per heavy atom. The average molecular weight is 271 g/mol. The van der Waals surface area contributed by atoms with Crippen molar-refractivity contribution in [2.45, 2.75) is 40.7 Å². The van der Waals surface area contributed by atoms with Crippen LogP contribution in [0.15, 0.2) is 18.2 Å². The highest BCUT2D eigenvalue weighted by Gasteiger charge is 2.11. The van der Waals surface area contributed by atoms with Crippen LogP contribution in [0.1, 0.15) is 33.6 Å². The quantitative estimate of drug-likeness (QED) is 0.906. The molecular formula is C17H25N3. The Bertz CT molecular complexity index is 576. The molecule has 1 aromatic carbocycles. The monoisotopic (exact) mass is 271 g/mol. The number of aryl methyl sites for hydroxylation is 3. The highest BCUT2D eigenvalue weighted by atomic mass is 15.3. The number of nitrogens with zero attached hydrogens (tertiary/aromatic N) is 2. The minimum absolute atomic E-state index is 0.856. The molecule has 3 heteroatoms. The van der Waals surface area contributed by atoms with Gasteiger partial charge in [0.15, 0.2) is 0 Å². The molecule has 0 fully saturated rings. The fourth-order valence-corrected chi connectivity index (χ4v) is 2.83. The maximum Gasteiger partial charge on any atom is 0.0662 e. The van der Waals surface area contributed by atoms with Gasteiger partial charge in [0.25, 0.3) is 0 Å². The first-order valence-electron chi connectivity index (χ1n) is 7.26. The van der Waals surface area contributed by atoms with Crippen LogP contribution in [0, 0.1) is 27.7 Å². The molecule has 0 atom stereocenters. The van der Waals surface area contributed by atoms with E-state index >= 15 is 0 Å². The molecule has 0 radical (unpaired) electrons. The van der Waals surface area contributed by atoms with Crippen molar-refractivity contribution in [3.63, 3.8) is 0 Å². The summed E-state index contributed by atoms with van der Waals surface area (Å²) in [5, 5.41) is 7.91. The largest absolute Gasteiger partial charge is 0.319 e. The van der Waals surface area contributed by atoms with E-state index in [-0.39, 0.29) is 0 Å². The van der Waals surface area contributed by atoms with E-state index in [4.69, 9.17) is 5.10 Å². The number of hydrogen-bond acceptors (Lipinski definition) is 2. The summed E-state index contributed by atoms with van der Waals surface area (Å²) in [4.78, 5) is 0. The second-order valence-corrected chi connectivity index (χ2v) is 5.66. The Labute approximate surface area is 122 Å². The van der Waals surface area contributed by atoms with Crippen molar-refractivity contribution in [2.75, 3.05) is 13.6 Å². The van der Waals surface area contributed by atoms with Gasteiger partial charge in [-0.25, -0.2) is 0 Å². The summed E-state index contributed by atoms with van der Waals surface area (Å²) in [5.74, 6) is 0. The van der Waals surface area contributed by atoms with E-state index in [9.17, 15) is 0 Å². The van der Waals surface area contributed by atoms with Crippen LogP contribution in [0.5, 0.6) is 0 Å². The molecule has 0 saturated heterocycles. The number of rotatable bonds is 5. The Morgan fingerprint density at radius 2 is 1.70 bits per heavy atom. The van der Waals surface area contributed by atoms with Gasteiger partial charge in [0.2, 0.25) is 0 Å². The second kappa shape index (κ2) is 6.23. The molecule has 20 heavy (non-hydrogen) atoms. The van der Waals surface area contributed by atoms with E-state index in [1.54, 1.807) is 0 Å². The third-order valence-electron chi connectivity index (χ3n) is 3.77. The normalized spacial score (nSPS) is 11.1. The molecule has 0 unspecified atom stereocenters. The summed E-state index contributed by atoms with van der Waals surface area (Å²) in [6.07, 6.45) is 1.04. The van der Waals surface area contributed by atoms with Gasteiger partial charge in [0.05, 0.1) is 12.2 Å². The molecule has 0 spiro atoms. The second-order valence-electron chi connectivity index (χ2n) is 5.66. The third kappa shape index (κ3) is 3.28. The zero-order chi connectivity index (χ0) is 14.7. The van der Waals surface area contributed by atoms with Crippen molar-refractivity contribution in [3.05, 3.63) is 51.8 Å². The number of nitrogens with one attached hydrogen (secondary N) is 1. The highest BCUT2D eigenvalue weighted by Crippen LogP contribution is 2.16. The van der Waals surface area contributed by atoms with Gasteiger partial charge in [-0.3, -0.25) is 4.68 Å². The predicted octanol–water partition coefficient (Wildman–Crippen LogP) is 2.93. The van der Waals surface area contributed by atoms with E-state index in [0.717, 1.165) is 25.2 Å². The summed E-state index contributed by atoms with van der Waals surface area (Å²) < 4.78 is 2.13. The van der Waals surface area contributed by atoms with Crippen molar-refractivity contribution in [2.24, 2.45) is 0 Å². The maximum absolute atomic E-state index is 4.71. The number of hydrogen-bond donors (Lipinski definition) is 1. The molecule has 1 N–H and O–H groups in total. The Hall–Kier alpha value is -1.61. The first-order valence-corrected chi connectivity index (χ1v) is 7.26. The zero-order valence-corrected chi connectivity index (χ0v) is 13.2. The van der Waals surface area contributed by atoms with Crippen molar-refractivity contribution in [1.82, 2.24) is 15.1 Å². The Balaban J connectivity index is 2.25. The lowest BCUT2D eigenvalue weighted by molar-refractivity contribution is 0.657. The smallest absolute Gasteiger partial charge is 0.0662 e. The molecule has 0 aliphatic rings. The van der Waals surface area contributed by atoms with Crippen LogP contribution in [0.25, 0.3) is 0 Å². The van der Waals surface area contributed by atoms with Crippen LogP contribution in [0.2, 0.25) is 0 Å². The number of likely N-dealkylation sites (N-methyl/N-ethyl adjacent to an activating group) is 1. The predicted molar refractivity (Wildman–Crippen MR) is 84.3 cm³/mol. The summed E-state index contributed by atoms with van der Waals surface area (Å²) in [7, 11) is 1.99. The topological polar surface area (TPSA) is 29.9 Å². The van der Waals surface area contributed by atoms with Gasteiger partial charge >= 0.3 is 0 Å². The molecule has 0 saturated carbocycles. The molecule has 0 aliphatic heterocycles. The van der Waals surface area contributed by atoms with E-state index in [0.29, 0.717) is 0 Å². The highest BCUT2D eigenvalue weighted by molar-refractivity contribution is 5.30. The molecule has 108 valence electrons. The van der Waals surface area contributed by atoms with Gasteiger partial charge in [0.1, 0.15) is 0 Å². The lowest BCUT2D eigenvalue weighted by Crippen LogP contribution is -2.11. The van der Waals surface area contributed by atoms with E-state index in [1.165, 1.54) is 27.9 Å². The molecule has 0 aliphatic carbocycles. The minimum Gasteiger partial charge on any atom is -0.319 e. The van der Waals surface area contributed by atoms with Crippen LogP contribution >= 0.6 is 0 Å². The number of aromatic nitrogens is 2. The summed E-state index contributed by atoms with van der Waals surface area (Å²) in [6, 6.07) is 6.70. The summed E-state index contributed by atoms with van der Waals surface area (Å²) in [5.41, 5.74) is 7.78.